The Kier molecular flexibility index (Phi) is 4.38. The first-order valence-electron chi connectivity index (χ1n) is 6.89. The number of pyridine rings is 1. The van der Waals surface area contributed by atoms with Crippen LogP contribution in [0, 0.1) is 11.8 Å². The van der Waals surface area contributed by atoms with Gasteiger partial charge in [0.1, 0.15) is 0 Å². The highest BCUT2D eigenvalue weighted by atomic mass is 16.1. The molecule has 1 aromatic carbocycles. The molecule has 1 atom stereocenters. The minimum Gasteiger partial charge on any atom is -0.322 e. The number of benzene rings is 1. The van der Waals surface area contributed by atoms with Crippen molar-refractivity contribution < 1.29 is 0 Å². The standard InChI is InChI=1S/C16H22N2O/c1-11(2)12(3)9-17-10-14-8-13-6-4-5-7-15(13)18-16(14)19/h4-8,11-12,17H,9-10H2,1-3H3,(H,18,19). The first kappa shape index (κ1) is 13.8. The van der Waals surface area contributed by atoms with E-state index in [0.29, 0.717) is 18.4 Å². The van der Waals surface area contributed by atoms with Gasteiger partial charge >= 0.3 is 0 Å². The Morgan fingerprint density at radius 3 is 2.68 bits per heavy atom. The molecule has 0 aliphatic rings. The minimum atomic E-state index is 0.00315. The summed E-state index contributed by atoms with van der Waals surface area (Å²) in [6, 6.07) is 9.83. The molecule has 0 spiro atoms. The van der Waals surface area contributed by atoms with Gasteiger partial charge < -0.3 is 10.3 Å². The number of rotatable bonds is 5. The molecule has 2 N–H and O–H groups in total. The van der Waals surface area contributed by atoms with Gasteiger partial charge in [-0.1, -0.05) is 39.0 Å². The van der Waals surface area contributed by atoms with E-state index in [4.69, 9.17) is 0 Å². The van der Waals surface area contributed by atoms with E-state index in [0.717, 1.165) is 23.0 Å². The highest BCUT2D eigenvalue weighted by molar-refractivity contribution is 5.78. The van der Waals surface area contributed by atoms with Crippen LogP contribution in [0.2, 0.25) is 0 Å². The number of hydrogen-bond acceptors (Lipinski definition) is 2. The van der Waals surface area contributed by atoms with Crippen molar-refractivity contribution >= 4 is 10.9 Å². The van der Waals surface area contributed by atoms with Gasteiger partial charge in [-0.05, 0) is 35.9 Å². The molecule has 2 rings (SSSR count). The summed E-state index contributed by atoms with van der Waals surface area (Å²) in [5.74, 6) is 1.27. The molecule has 102 valence electrons. The lowest BCUT2D eigenvalue weighted by Crippen LogP contribution is -2.26. The summed E-state index contributed by atoms with van der Waals surface area (Å²) < 4.78 is 0. The van der Waals surface area contributed by atoms with Crippen LogP contribution in [0.1, 0.15) is 26.3 Å². The van der Waals surface area contributed by atoms with Crippen molar-refractivity contribution in [3.05, 3.63) is 46.2 Å². The summed E-state index contributed by atoms with van der Waals surface area (Å²) in [4.78, 5) is 14.9. The van der Waals surface area contributed by atoms with Crippen molar-refractivity contribution in [1.29, 1.82) is 0 Å². The van der Waals surface area contributed by atoms with Crippen LogP contribution in [0.25, 0.3) is 10.9 Å². The lowest BCUT2D eigenvalue weighted by atomic mass is 9.98. The quantitative estimate of drug-likeness (QED) is 0.866. The third-order valence-electron chi connectivity index (χ3n) is 3.75. The van der Waals surface area contributed by atoms with Gasteiger partial charge in [0.25, 0.3) is 5.56 Å². The summed E-state index contributed by atoms with van der Waals surface area (Å²) >= 11 is 0. The average molecular weight is 258 g/mol. The molecule has 1 unspecified atom stereocenters. The predicted octanol–water partition coefficient (Wildman–Crippen LogP) is 2.91. The number of para-hydroxylation sites is 1. The van der Waals surface area contributed by atoms with Crippen molar-refractivity contribution in [3.63, 3.8) is 0 Å². The van der Waals surface area contributed by atoms with Gasteiger partial charge in [0.05, 0.1) is 0 Å². The van der Waals surface area contributed by atoms with Gasteiger partial charge in [0.15, 0.2) is 0 Å². The van der Waals surface area contributed by atoms with E-state index >= 15 is 0 Å². The number of aromatic nitrogens is 1. The second kappa shape index (κ2) is 6.02. The minimum absolute atomic E-state index is 0.00315. The smallest absolute Gasteiger partial charge is 0.252 e. The maximum atomic E-state index is 11.9. The lowest BCUT2D eigenvalue weighted by molar-refractivity contribution is 0.392. The molecule has 0 bridgehead atoms. The van der Waals surface area contributed by atoms with Crippen LogP contribution in [0.3, 0.4) is 0 Å². The van der Waals surface area contributed by atoms with Crippen LogP contribution in [-0.2, 0) is 6.54 Å². The third-order valence-corrected chi connectivity index (χ3v) is 3.75. The molecular formula is C16H22N2O. The van der Waals surface area contributed by atoms with Crippen molar-refractivity contribution in [2.45, 2.75) is 27.3 Å². The van der Waals surface area contributed by atoms with E-state index in [-0.39, 0.29) is 5.56 Å². The van der Waals surface area contributed by atoms with Gasteiger partial charge in [0, 0.05) is 17.6 Å². The van der Waals surface area contributed by atoms with E-state index < -0.39 is 0 Å². The first-order valence-corrected chi connectivity index (χ1v) is 6.89. The summed E-state index contributed by atoms with van der Waals surface area (Å²) in [5, 5.41) is 4.45. The van der Waals surface area contributed by atoms with Crippen LogP contribution in [0.15, 0.2) is 35.1 Å². The first-order chi connectivity index (χ1) is 9.08. The Morgan fingerprint density at radius 2 is 1.95 bits per heavy atom. The second-order valence-corrected chi connectivity index (χ2v) is 5.56. The molecule has 0 radical (unpaired) electrons. The molecule has 19 heavy (non-hydrogen) atoms. The maximum absolute atomic E-state index is 11.9. The SMILES string of the molecule is CC(C)C(C)CNCc1cc2ccccc2[nH]c1=O. The number of aromatic amines is 1. The maximum Gasteiger partial charge on any atom is 0.252 e. The topological polar surface area (TPSA) is 44.9 Å². The van der Waals surface area contributed by atoms with Gasteiger partial charge in [0.2, 0.25) is 0 Å². The van der Waals surface area contributed by atoms with E-state index in [2.05, 4.69) is 31.1 Å². The summed E-state index contributed by atoms with van der Waals surface area (Å²) in [7, 11) is 0. The molecule has 0 aliphatic heterocycles. The fraction of sp³-hybridized carbons (Fsp3) is 0.438. The molecule has 0 saturated heterocycles. The van der Waals surface area contributed by atoms with Crippen LogP contribution >= 0.6 is 0 Å². The van der Waals surface area contributed by atoms with E-state index in [1.165, 1.54) is 0 Å². The Bertz CT molecular complexity index is 601. The second-order valence-electron chi connectivity index (χ2n) is 5.56. The molecule has 3 heteroatoms. The van der Waals surface area contributed by atoms with E-state index in [1.807, 2.05) is 30.3 Å². The number of fused-ring (bicyclic) bond motifs is 1. The molecule has 0 saturated carbocycles. The van der Waals surface area contributed by atoms with Crippen molar-refractivity contribution in [3.8, 4) is 0 Å². The van der Waals surface area contributed by atoms with Crippen molar-refractivity contribution in [2.24, 2.45) is 11.8 Å². The summed E-state index contributed by atoms with van der Waals surface area (Å²) in [6.07, 6.45) is 0. The zero-order chi connectivity index (χ0) is 13.8. The Balaban J connectivity index is 2.08. The molecule has 2 aromatic rings. The predicted molar refractivity (Wildman–Crippen MR) is 80.3 cm³/mol. The zero-order valence-electron chi connectivity index (χ0n) is 11.9. The Labute approximate surface area is 114 Å². The molecule has 0 fully saturated rings. The monoisotopic (exact) mass is 258 g/mol. The molecule has 1 aromatic heterocycles. The third kappa shape index (κ3) is 3.44. The molecule has 0 aliphatic carbocycles. The van der Waals surface area contributed by atoms with E-state index in [1.54, 1.807) is 0 Å². The van der Waals surface area contributed by atoms with Crippen LogP contribution in [-0.4, -0.2) is 11.5 Å². The lowest BCUT2D eigenvalue weighted by Gasteiger charge is -2.16. The number of hydrogen-bond donors (Lipinski definition) is 2. The molecule has 3 nitrogen and oxygen atoms in total. The van der Waals surface area contributed by atoms with Crippen LogP contribution in [0.4, 0.5) is 0 Å². The number of H-pyrrole nitrogens is 1. The van der Waals surface area contributed by atoms with Gasteiger partial charge in [-0.25, -0.2) is 0 Å². The molecule has 1 heterocycles. The Morgan fingerprint density at radius 1 is 1.21 bits per heavy atom. The van der Waals surface area contributed by atoms with Crippen molar-refractivity contribution in [1.82, 2.24) is 10.3 Å². The van der Waals surface area contributed by atoms with Crippen LogP contribution in [0.5, 0.6) is 0 Å². The highest BCUT2D eigenvalue weighted by Gasteiger charge is 2.07. The van der Waals surface area contributed by atoms with Gasteiger partial charge in [-0.2, -0.15) is 0 Å². The normalized spacial score (nSPS) is 13.1. The fourth-order valence-corrected chi connectivity index (χ4v) is 1.99. The summed E-state index contributed by atoms with van der Waals surface area (Å²) in [6.45, 7) is 8.22. The van der Waals surface area contributed by atoms with Gasteiger partial charge in [-0.15, -0.1) is 0 Å². The molecular weight excluding hydrogens is 236 g/mol. The highest BCUT2D eigenvalue weighted by Crippen LogP contribution is 2.11. The van der Waals surface area contributed by atoms with Crippen LogP contribution < -0.4 is 10.9 Å². The molecule has 0 amide bonds. The fourth-order valence-electron chi connectivity index (χ4n) is 1.99. The Hall–Kier alpha value is -1.61. The van der Waals surface area contributed by atoms with Crippen molar-refractivity contribution in [2.75, 3.05) is 6.54 Å². The average Bonchev–Trinajstić information content (AvgIpc) is 2.39. The number of nitrogens with one attached hydrogen (secondary N) is 2. The van der Waals surface area contributed by atoms with E-state index in [9.17, 15) is 4.79 Å². The largest absolute Gasteiger partial charge is 0.322 e. The zero-order valence-corrected chi connectivity index (χ0v) is 11.9. The summed E-state index contributed by atoms with van der Waals surface area (Å²) in [5.41, 5.74) is 1.70. The van der Waals surface area contributed by atoms with Gasteiger partial charge in [-0.3, -0.25) is 4.79 Å².